The summed E-state index contributed by atoms with van der Waals surface area (Å²) < 4.78 is 4.04. The van der Waals surface area contributed by atoms with E-state index in [4.69, 9.17) is 0 Å². The van der Waals surface area contributed by atoms with Crippen LogP contribution in [0.5, 0.6) is 5.88 Å². The van der Waals surface area contributed by atoms with Crippen molar-refractivity contribution in [3.8, 4) is 11.6 Å². The van der Waals surface area contributed by atoms with Crippen molar-refractivity contribution >= 4 is 22.9 Å². The van der Waals surface area contributed by atoms with E-state index in [1.807, 2.05) is 13.0 Å². The molecule has 9 heteroatoms. The summed E-state index contributed by atoms with van der Waals surface area (Å²) >= 11 is 0. The van der Waals surface area contributed by atoms with Gasteiger partial charge in [-0.3, -0.25) is 23.9 Å². The molecule has 0 aliphatic heterocycles. The van der Waals surface area contributed by atoms with Crippen molar-refractivity contribution in [3.05, 3.63) is 84.9 Å². The van der Waals surface area contributed by atoms with Gasteiger partial charge in [-0.05, 0) is 42.8 Å². The lowest BCUT2D eigenvalue weighted by atomic mass is 10.2. The average Bonchev–Trinajstić information content (AvgIpc) is 2.91. The predicted molar refractivity (Wildman–Crippen MR) is 114 cm³/mol. The van der Waals surface area contributed by atoms with E-state index in [9.17, 15) is 19.5 Å². The van der Waals surface area contributed by atoms with Gasteiger partial charge in [0.15, 0.2) is 0 Å². The Balaban J connectivity index is 1.83. The van der Waals surface area contributed by atoms with E-state index in [1.54, 1.807) is 50.5 Å². The second-order valence-electron chi connectivity index (χ2n) is 7.00. The Morgan fingerprint density at radius 3 is 2.47 bits per heavy atom. The predicted octanol–water partition coefficient (Wildman–Crippen LogP) is 1.48. The van der Waals surface area contributed by atoms with Crippen molar-refractivity contribution in [1.29, 1.82) is 0 Å². The third kappa shape index (κ3) is 3.06. The molecule has 4 aromatic rings. The summed E-state index contributed by atoms with van der Waals surface area (Å²) in [4.78, 5) is 43.1. The zero-order chi connectivity index (χ0) is 21.6. The van der Waals surface area contributed by atoms with E-state index in [-0.39, 0.29) is 11.3 Å². The normalized spacial score (nSPS) is 11.6. The van der Waals surface area contributed by atoms with Crippen molar-refractivity contribution in [2.75, 3.05) is 0 Å². The summed E-state index contributed by atoms with van der Waals surface area (Å²) in [6.07, 6.45) is 1.20. The summed E-state index contributed by atoms with van der Waals surface area (Å²) in [5.74, 6) is -0.508. The third-order valence-electron chi connectivity index (χ3n) is 4.98. The van der Waals surface area contributed by atoms with Gasteiger partial charge in [-0.1, -0.05) is 12.1 Å². The SMILES string of the molecule is Cc1cccc(-n2c(O)c(C=Nc3ccc4c(c3)n(C)c(=O)n4C)c(=O)[nH]c2=O)c1. The monoisotopic (exact) mass is 405 g/mol. The van der Waals surface area contributed by atoms with Crippen LogP contribution < -0.4 is 16.9 Å². The number of H-pyrrole nitrogens is 1. The van der Waals surface area contributed by atoms with E-state index >= 15 is 0 Å². The molecule has 4 rings (SSSR count). The van der Waals surface area contributed by atoms with Crippen molar-refractivity contribution in [3.63, 3.8) is 0 Å². The highest BCUT2D eigenvalue weighted by Crippen LogP contribution is 2.21. The topological polar surface area (TPSA) is 114 Å². The zero-order valence-electron chi connectivity index (χ0n) is 16.6. The Hall–Kier alpha value is -4.14. The summed E-state index contributed by atoms with van der Waals surface area (Å²) in [5, 5.41) is 10.6. The minimum Gasteiger partial charge on any atom is -0.493 e. The molecule has 0 unspecified atom stereocenters. The summed E-state index contributed by atoms with van der Waals surface area (Å²) in [7, 11) is 3.34. The maximum absolute atomic E-state index is 12.3. The fourth-order valence-corrected chi connectivity index (χ4v) is 3.38. The van der Waals surface area contributed by atoms with Gasteiger partial charge < -0.3 is 5.11 Å². The number of aliphatic imine (C=N–C) groups is 1. The van der Waals surface area contributed by atoms with Crippen LogP contribution in [0.4, 0.5) is 5.69 Å². The third-order valence-corrected chi connectivity index (χ3v) is 4.98. The highest BCUT2D eigenvalue weighted by atomic mass is 16.3. The molecule has 0 atom stereocenters. The molecule has 2 aromatic heterocycles. The summed E-state index contributed by atoms with van der Waals surface area (Å²) in [6, 6.07) is 12.1. The molecule has 0 aliphatic rings. The number of nitrogens with one attached hydrogen (secondary N) is 1. The Morgan fingerprint density at radius 1 is 1.00 bits per heavy atom. The van der Waals surface area contributed by atoms with Crippen LogP contribution in [-0.4, -0.2) is 30.0 Å². The molecule has 2 N–H and O–H groups in total. The van der Waals surface area contributed by atoms with Crippen molar-refractivity contribution in [1.82, 2.24) is 18.7 Å². The van der Waals surface area contributed by atoms with Gasteiger partial charge in [-0.15, -0.1) is 0 Å². The van der Waals surface area contributed by atoms with Crippen molar-refractivity contribution in [2.24, 2.45) is 19.1 Å². The van der Waals surface area contributed by atoms with E-state index < -0.39 is 17.1 Å². The average molecular weight is 405 g/mol. The molecule has 2 heterocycles. The van der Waals surface area contributed by atoms with E-state index in [0.717, 1.165) is 15.6 Å². The summed E-state index contributed by atoms with van der Waals surface area (Å²) in [6.45, 7) is 1.85. The fourth-order valence-electron chi connectivity index (χ4n) is 3.38. The van der Waals surface area contributed by atoms with Crippen molar-refractivity contribution < 1.29 is 5.11 Å². The number of aromatic hydroxyl groups is 1. The standard InChI is InChI=1S/C21H19N5O4/c1-12-5-4-6-14(9-12)26-19(28)15(18(27)23-20(26)29)11-22-13-7-8-16-17(10-13)25(3)21(30)24(16)2/h4-11,28H,1-3H3,(H,23,27,29). The number of benzene rings is 2. The first-order valence-corrected chi connectivity index (χ1v) is 9.13. The first-order valence-electron chi connectivity index (χ1n) is 9.13. The minimum absolute atomic E-state index is 0.154. The number of imidazole rings is 1. The van der Waals surface area contributed by atoms with Gasteiger partial charge in [0.05, 0.1) is 22.4 Å². The quantitative estimate of drug-likeness (QED) is 0.503. The molecule has 0 aliphatic carbocycles. The molecular formula is C21H19N5O4. The van der Waals surface area contributed by atoms with Gasteiger partial charge in [0.2, 0.25) is 5.88 Å². The fraction of sp³-hybridized carbons (Fsp3) is 0.143. The van der Waals surface area contributed by atoms with Crippen LogP contribution in [0.1, 0.15) is 11.1 Å². The molecule has 0 saturated carbocycles. The van der Waals surface area contributed by atoms with Crippen LogP contribution in [-0.2, 0) is 14.1 Å². The highest BCUT2D eigenvalue weighted by Gasteiger charge is 2.14. The number of aromatic amines is 1. The van der Waals surface area contributed by atoms with Gasteiger partial charge in [0.1, 0.15) is 5.56 Å². The number of nitrogens with zero attached hydrogens (tertiary/aromatic N) is 4. The first kappa shape index (κ1) is 19.2. The zero-order valence-corrected chi connectivity index (χ0v) is 16.6. The highest BCUT2D eigenvalue weighted by molar-refractivity contribution is 5.86. The van der Waals surface area contributed by atoms with E-state index in [2.05, 4.69) is 9.98 Å². The smallest absolute Gasteiger partial charge is 0.335 e. The molecule has 30 heavy (non-hydrogen) atoms. The number of fused-ring (bicyclic) bond motifs is 1. The molecule has 152 valence electrons. The molecule has 0 fully saturated rings. The van der Waals surface area contributed by atoms with Gasteiger partial charge in [0.25, 0.3) is 5.56 Å². The number of hydrogen-bond acceptors (Lipinski definition) is 5. The molecule has 0 amide bonds. The van der Waals surface area contributed by atoms with Gasteiger partial charge in [-0.25, -0.2) is 14.2 Å². The minimum atomic E-state index is -0.752. The number of aromatic nitrogens is 4. The Labute approximate surface area is 169 Å². The molecule has 9 nitrogen and oxygen atoms in total. The first-order chi connectivity index (χ1) is 14.3. The summed E-state index contributed by atoms with van der Waals surface area (Å²) in [5.41, 5.74) is 1.40. The van der Waals surface area contributed by atoms with Crippen LogP contribution in [0.3, 0.4) is 0 Å². The largest absolute Gasteiger partial charge is 0.493 e. The maximum atomic E-state index is 12.3. The second-order valence-corrected chi connectivity index (χ2v) is 7.00. The maximum Gasteiger partial charge on any atom is 0.335 e. The lowest BCUT2D eigenvalue weighted by molar-refractivity contribution is 0.430. The Bertz CT molecular complexity index is 1500. The Morgan fingerprint density at radius 2 is 1.73 bits per heavy atom. The Kier molecular flexibility index (Phi) is 4.50. The number of hydrogen-bond donors (Lipinski definition) is 2. The number of rotatable bonds is 3. The number of aryl methyl sites for hydroxylation is 3. The van der Waals surface area contributed by atoms with Crippen LogP contribution in [0.25, 0.3) is 16.7 Å². The van der Waals surface area contributed by atoms with Gasteiger partial charge in [0, 0.05) is 20.3 Å². The molecule has 0 saturated heterocycles. The molecule has 0 bridgehead atoms. The van der Waals surface area contributed by atoms with E-state index in [1.165, 1.54) is 15.3 Å². The molecular weight excluding hydrogens is 386 g/mol. The van der Waals surface area contributed by atoms with Crippen molar-refractivity contribution in [2.45, 2.75) is 6.92 Å². The van der Waals surface area contributed by atoms with Crippen LogP contribution in [0, 0.1) is 6.92 Å². The molecule has 0 spiro atoms. The molecule has 2 aromatic carbocycles. The van der Waals surface area contributed by atoms with Gasteiger partial charge >= 0.3 is 11.4 Å². The lowest BCUT2D eigenvalue weighted by Gasteiger charge is -2.10. The van der Waals surface area contributed by atoms with Crippen LogP contribution >= 0.6 is 0 Å². The van der Waals surface area contributed by atoms with Gasteiger partial charge in [-0.2, -0.15) is 0 Å². The van der Waals surface area contributed by atoms with Crippen LogP contribution in [0.2, 0.25) is 0 Å². The lowest BCUT2D eigenvalue weighted by Crippen LogP contribution is -2.31. The molecule has 0 radical (unpaired) electrons. The van der Waals surface area contributed by atoms with Crippen LogP contribution in [0.15, 0.2) is 61.8 Å². The van der Waals surface area contributed by atoms with E-state index in [0.29, 0.717) is 16.9 Å². The second kappa shape index (κ2) is 7.03.